The van der Waals surface area contributed by atoms with E-state index in [0.717, 1.165) is 23.4 Å². The Labute approximate surface area is 130 Å². The van der Waals surface area contributed by atoms with E-state index in [1.54, 1.807) is 11.0 Å². The molecule has 0 spiro atoms. The molecule has 2 aromatic rings. The molecule has 0 saturated heterocycles. The largest absolute Gasteiger partial charge is 0.486 e. The van der Waals surface area contributed by atoms with Gasteiger partial charge in [0.1, 0.15) is 11.9 Å². The number of ether oxygens (including phenoxy) is 1. The van der Waals surface area contributed by atoms with Crippen molar-refractivity contribution in [3.05, 3.63) is 66.2 Å². The Hall–Kier alpha value is -2.55. The molecule has 22 heavy (non-hydrogen) atoms. The lowest BCUT2D eigenvalue weighted by atomic mass is 10.1. The summed E-state index contributed by atoms with van der Waals surface area (Å²) in [4.78, 5) is 14.4. The summed E-state index contributed by atoms with van der Waals surface area (Å²) in [6.45, 7) is 2.66. The molecule has 0 saturated carbocycles. The fourth-order valence-corrected chi connectivity index (χ4v) is 2.54. The highest BCUT2D eigenvalue weighted by molar-refractivity contribution is 6.05. The molecular formula is C19H19NO2. The zero-order valence-electron chi connectivity index (χ0n) is 12.6. The van der Waals surface area contributed by atoms with E-state index in [1.165, 1.54) is 0 Å². The number of hydrogen-bond acceptors (Lipinski definition) is 2. The second-order valence-electron chi connectivity index (χ2n) is 5.31. The molecule has 0 radical (unpaired) electrons. The molecule has 1 unspecified atom stereocenters. The molecule has 1 atom stereocenters. The van der Waals surface area contributed by atoms with Gasteiger partial charge in [-0.15, -0.1) is 0 Å². The maximum Gasteiger partial charge on any atom is 0.251 e. The Morgan fingerprint density at radius 3 is 2.68 bits per heavy atom. The van der Waals surface area contributed by atoms with Gasteiger partial charge in [-0.25, -0.2) is 0 Å². The summed E-state index contributed by atoms with van der Waals surface area (Å²) in [5.41, 5.74) is 1.86. The molecule has 3 heteroatoms. The molecule has 112 valence electrons. The highest BCUT2D eigenvalue weighted by Gasteiger charge is 2.27. The summed E-state index contributed by atoms with van der Waals surface area (Å²) < 4.78 is 5.91. The van der Waals surface area contributed by atoms with Crippen LogP contribution in [0.25, 0.3) is 6.08 Å². The molecule has 1 heterocycles. The summed E-state index contributed by atoms with van der Waals surface area (Å²) in [5.74, 6) is 0.764. The summed E-state index contributed by atoms with van der Waals surface area (Å²) in [7, 11) is 0. The Morgan fingerprint density at radius 2 is 1.91 bits per heavy atom. The first-order valence-electron chi connectivity index (χ1n) is 7.58. The van der Waals surface area contributed by atoms with Gasteiger partial charge in [0.25, 0.3) is 5.91 Å². The van der Waals surface area contributed by atoms with Crippen LogP contribution in [0.1, 0.15) is 18.9 Å². The number of para-hydroxylation sites is 2. The molecule has 3 rings (SSSR count). The van der Waals surface area contributed by atoms with Gasteiger partial charge in [-0.2, -0.15) is 0 Å². The van der Waals surface area contributed by atoms with Crippen LogP contribution >= 0.6 is 0 Å². The molecule has 1 aliphatic rings. The average molecular weight is 293 g/mol. The number of carbonyl (C=O) groups is 1. The van der Waals surface area contributed by atoms with E-state index in [-0.39, 0.29) is 12.0 Å². The molecule has 0 N–H and O–H groups in total. The van der Waals surface area contributed by atoms with Crippen molar-refractivity contribution in [1.82, 2.24) is 0 Å². The molecule has 0 aromatic heterocycles. The fourth-order valence-electron chi connectivity index (χ4n) is 2.54. The second-order valence-corrected chi connectivity index (χ2v) is 5.31. The third-order valence-corrected chi connectivity index (χ3v) is 3.78. The third kappa shape index (κ3) is 3.03. The van der Waals surface area contributed by atoms with Gasteiger partial charge in [0, 0.05) is 6.08 Å². The zero-order valence-corrected chi connectivity index (χ0v) is 12.6. The Morgan fingerprint density at radius 1 is 1.18 bits per heavy atom. The van der Waals surface area contributed by atoms with Gasteiger partial charge in [0.15, 0.2) is 0 Å². The number of carbonyl (C=O) groups excluding carboxylic acids is 1. The molecule has 3 nitrogen and oxygen atoms in total. The molecule has 1 aliphatic heterocycles. The Kier molecular flexibility index (Phi) is 4.24. The van der Waals surface area contributed by atoms with Crippen LogP contribution in [0.2, 0.25) is 0 Å². The van der Waals surface area contributed by atoms with Gasteiger partial charge < -0.3 is 9.64 Å². The molecule has 0 bridgehead atoms. The van der Waals surface area contributed by atoms with Crippen LogP contribution < -0.4 is 9.64 Å². The zero-order chi connectivity index (χ0) is 15.4. The summed E-state index contributed by atoms with van der Waals surface area (Å²) in [5, 5.41) is 0. The van der Waals surface area contributed by atoms with Crippen molar-refractivity contribution < 1.29 is 9.53 Å². The van der Waals surface area contributed by atoms with Crippen molar-refractivity contribution in [2.24, 2.45) is 0 Å². The van der Waals surface area contributed by atoms with Gasteiger partial charge in [-0.05, 0) is 30.2 Å². The van der Waals surface area contributed by atoms with E-state index in [1.807, 2.05) is 60.7 Å². The van der Waals surface area contributed by atoms with Crippen LogP contribution in [0.5, 0.6) is 5.75 Å². The van der Waals surface area contributed by atoms with Crippen molar-refractivity contribution >= 4 is 17.7 Å². The lowest BCUT2D eigenvalue weighted by Crippen LogP contribution is -2.42. The normalized spacial score (nSPS) is 17.1. The van der Waals surface area contributed by atoms with Gasteiger partial charge in [-0.3, -0.25) is 4.79 Å². The molecule has 0 fully saturated rings. The maximum absolute atomic E-state index is 12.6. The topological polar surface area (TPSA) is 29.5 Å². The van der Waals surface area contributed by atoms with Crippen LogP contribution in [0.3, 0.4) is 0 Å². The standard InChI is InChI=1S/C19H19NO2/c1-2-16-14-20(17-10-6-7-11-18(17)22-16)19(21)13-12-15-8-4-3-5-9-15/h3-13,16H,2,14H2,1H3/b13-12+. The van der Waals surface area contributed by atoms with E-state index in [9.17, 15) is 4.79 Å². The first-order valence-corrected chi connectivity index (χ1v) is 7.58. The van der Waals surface area contributed by atoms with Gasteiger partial charge in [0.2, 0.25) is 0 Å². The Bertz CT molecular complexity index is 679. The third-order valence-electron chi connectivity index (χ3n) is 3.78. The number of benzene rings is 2. The van der Waals surface area contributed by atoms with Crippen molar-refractivity contribution in [3.63, 3.8) is 0 Å². The first-order chi connectivity index (χ1) is 10.8. The van der Waals surface area contributed by atoms with Crippen molar-refractivity contribution in [3.8, 4) is 5.75 Å². The lowest BCUT2D eigenvalue weighted by molar-refractivity contribution is -0.114. The number of nitrogens with zero attached hydrogens (tertiary/aromatic N) is 1. The summed E-state index contributed by atoms with van der Waals surface area (Å²) >= 11 is 0. The minimum Gasteiger partial charge on any atom is -0.486 e. The quantitative estimate of drug-likeness (QED) is 0.803. The van der Waals surface area contributed by atoms with Crippen LogP contribution in [0, 0.1) is 0 Å². The fraction of sp³-hybridized carbons (Fsp3) is 0.211. The van der Waals surface area contributed by atoms with E-state index in [0.29, 0.717) is 6.54 Å². The Balaban J connectivity index is 1.84. The van der Waals surface area contributed by atoms with Crippen LogP contribution in [-0.2, 0) is 4.79 Å². The number of anilines is 1. The average Bonchev–Trinajstić information content (AvgIpc) is 2.59. The summed E-state index contributed by atoms with van der Waals surface area (Å²) in [6.07, 6.45) is 4.40. The molecule has 1 amide bonds. The van der Waals surface area contributed by atoms with E-state index in [2.05, 4.69) is 6.92 Å². The van der Waals surface area contributed by atoms with Crippen LogP contribution in [0.4, 0.5) is 5.69 Å². The highest BCUT2D eigenvalue weighted by atomic mass is 16.5. The highest BCUT2D eigenvalue weighted by Crippen LogP contribution is 2.33. The lowest BCUT2D eigenvalue weighted by Gasteiger charge is -2.34. The van der Waals surface area contributed by atoms with E-state index in [4.69, 9.17) is 4.74 Å². The van der Waals surface area contributed by atoms with E-state index >= 15 is 0 Å². The van der Waals surface area contributed by atoms with Crippen molar-refractivity contribution in [2.45, 2.75) is 19.4 Å². The SMILES string of the molecule is CCC1CN(C(=O)/C=C/c2ccccc2)c2ccccc2O1. The van der Waals surface area contributed by atoms with Crippen LogP contribution in [0.15, 0.2) is 60.7 Å². The molecular weight excluding hydrogens is 274 g/mol. The smallest absolute Gasteiger partial charge is 0.251 e. The second kappa shape index (κ2) is 6.48. The summed E-state index contributed by atoms with van der Waals surface area (Å²) in [6, 6.07) is 17.5. The monoisotopic (exact) mass is 293 g/mol. The van der Waals surface area contributed by atoms with Gasteiger partial charge in [-0.1, -0.05) is 49.4 Å². The predicted octanol–water partition coefficient (Wildman–Crippen LogP) is 3.90. The molecule has 2 aromatic carbocycles. The van der Waals surface area contributed by atoms with Crippen molar-refractivity contribution in [1.29, 1.82) is 0 Å². The van der Waals surface area contributed by atoms with Crippen LogP contribution in [-0.4, -0.2) is 18.6 Å². The van der Waals surface area contributed by atoms with E-state index < -0.39 is 0 Å². The first kappa shape index (κ1) is 14.4. The maximum atomic E-state index is 12.6. The van der Waals surface area contributed by atoms with Gasteiger partial charge in [0.05, 0.1) is 12.2 Å². The molecule has 0 aliphatic carbocycles. The number of fused-ring (bicyclic) bond motifs is 1. The number of hydrogen-bond donors (Lipinski definition) is 0. The number of amides is 1. The van der Waals surface area contributed by atoms with Crippen molar-refractivity contribution in [2.75, 3.05) is 11.4 Å². The number of rotatable bonds is 3. The van der Waals surface area contributed by atoms with Gasteiger partial charge >= 0.3 is 0 Å². The predicted molar refractivity (Wildman–Crippen MR) is 89.0 cm³/mol. The minimum atomic E-state index is -0.0157. The minimum absolute atomic E-state index is 0.0157.